The number of hydroxylamine groups is 2. The van der Waals surface area contributed by atoms with Crippen LogP contribution in [0.3, 0.4) is 0 Å². The van der Waals surface area contributed by atoms with Gasteiger partial charge in [0.25, 0.3) is 0 Å². The fraction of sp³-hybridized carbons (Fsp3) is 0.800. The van der Waals surface area contributed by atoms with Gasteiger partial charge in [-0.1, -0.05) is 12.8 Å². The fourth-order valence-corrected chi connectivity index (χ4v) is 1.28. The Morgan fingerprint density at radius 2 is 1.88 bits per heavy atom. The molecule has 0 saturated carbocycles. The first-order valence-corrected chi connectivity index (χ1v) is 5.41. The van der Waals surface area contributed by atoms with Gasteiger partial charge in [-0.3, -0.25) is 9.59 Å². The summed E-state index contributed by atoms with van der Waals surface area (Å²) in [6, 6.07) is 0. The van der Waals surface area contributed by atoms with Crippen molar-refractivity contribution in [3.05, 3.63) is 0 Å². The predicted octanol–water partition coefficient (Wildman–Crippen LogP) is 0.370. The third kappa shape index (κ3) is 9.42. The molecule has 0 aliphatic carbocycles. The van der Waals surface area contributed by atoms with Crippen molar-refractivity contribution in [3.63, 3.8) is 0 Å². The second-order valence-electron chi connectivity index (χ2n) is 3.54. The molecular weight excluding hydrogens is 212 g/mol. The lowest BCUT2D eigenvalue weighted by Crippen LogP contribution is -2.32. The maximum Gasteiger partial charge on any atom is 0.322 e. The van der Waals surface area contributed by atoms with Gasteiger partial charge in [0.1, 0.15) is 6.54 Å². The Hall–Kier alpha value is -1.14. The van der Waals surface area contributed by atoms with E-state index in [-0.39, 0.29) is 6.54 Å². The van der Waals surface area contributed by atoms with Crippen LogP contribution in [0.5, 0.6) is 0 Å². The van der Waals surface area contributed by atoms with Gasteiger partial charge < -0.3 is 15.7 Å². The van der Waals surface area contributed by atoms with Gasteiger partial charge in [-0.15, -0.1) is 5.06 Å². The normalized spacial score (nSPS) is 10.4. The Labute approximate surface area is 95.3 Å². The maximum atomic E-state index is 10.7. The van der Waals surface area contributed by atoms with Crippen LogP contribution in [-0.4, -0.2) is 41.7 Å². The Kier molecular flexibility index (Phi) is 8.46. The SMILES string of the molecule is CC(=O)ON(CCCCCCN)CC(=O)O. The number of nitrogens with zero attached hydrogens (tertiary/aromatic N) is 1. The molecule has 0 fully saturated rings. The predicted molar refractivity (Wildman–Crippen MR) is 58.5 cm³/mol. The number of hydrogen-bond acceptors (Lipinski definition) is 5. The molecular formula is C10H20N2O4. The molecule has 0 atom stereocenters. The van der Waals surface area contributed by atoms with Crippen molar-refractivity contribution < 1.29 is 19.5 Å². The van der Waals surface area contributed by atoms with E-state index in [2.05, 4.69) is 0 Å². The summed E-state index contributed by atoms with van der Waals surface area (Å²) in [6.07, 6.45) is 3.72. The second kappa shape index (κ2) is 9.11. The quantitative estimate of drug-likeness (QED) is 0.440. The van der Waals surface area contributed by atoms with Crippen molar-refractivity contribution >= 4 is 11.9 Å². The molecule has 0 saturated heterocycles. The molecule has 0 radical (unpaired) electrons. The number of nitrogens with two attached hydrogens (primary N) is 1. The molecule has 3 N–H and O–H groups in total. The van der Waals surface area contributed by atoms with E-state index >= 15 is 0 Å². The van der Waals surface area contributed by atoms with Crippen molar-refractivity contribution in [1.29, 1.82) is 0 Å². The van der Waals surface area contributed by atoms with Gasteiger partial charge in [-0.2, -0.15) is 0 Å². The van der Waals surface area contributed by atoms with Gasteiger partial charge >= 0.3 is 11.9 Å². The van der Waals surface area contributed by atoms with Crippen LogP contribution in [0.2, 0.25) is 0 Å². The van der Waals surface area contributed by atoms with Crippen molar-refractivity contribution in [2.24, 2.45) is 5.73 Å². The van der Waals surface area contributed by atoms with E-state index in [4.69, 9.17) is 15.7 Å². The van der Waals surface area contributed by atoms with Crippen LogP contribution >= 0.6 is 0 Å². The van der Waals surface area contributed by atoms with E-state index in [1.807, 2.05) is 0 Å². The van der Waals surface area contributed by atoms with E-state index in [0.717, 1.165) is 25.7 Å². The number of carbonyl (C=O) groups excluding carboxylic acids is 1. The lowest BCUT2D eigenvalue weighted by Gasteiger charge is -2.17. The third-order valence-electron chi connectivity index (χ3n) is 1.93. The lowest BCUT2D eigenvalue weighted by atomic mass is 10.2. The summed E-state index contributed by atoms with van der Waals surface area (Å²) < 4.78 is 0. The molecule has 0 bridgehead atoms. The minimum absolute atomic E-state index is 0.281. The molecule has 0 aromatic rings. The molecule has 0 aliphatic rings. The molecule has 0 aromatic heterocycles. The molecule has 0 amide bonds. The molecule has 0 heterocycles. The lowest BCUT2D eigenvalue weighted by molar-refractivity contribution is -0.191. The Morgan fingerprint density at radius 1 is 1.25 bits per heavy atom. The summed E-state index contributed by atoms with van der Waals surface area (Å²) in [6.45, 7) is 2.08. The van der Waals surface area contributed by atoms with E-state index in [9.17, 15) is 9.59 Å². The number of unbranched alkanes of at least 4 members (excludes halogenated alkanes) is 3. The molecule has 0 unspecified atom stereocenters. The monoisotopic (exact) mass is 232 g/mol. The highest BCUT2D eigenvalue weighted by atomic mass is 16.7. The molecule has 16 heavy (non-hydrogen) atoms. The highest BCUT2D eigenvalue weighted by Gasteiger charge is 2.12. The highest BCUT2D eigenvalue weighted by Crippen LogP contribution is 2.02. The van der Waals surface area contributed by atoms with E-state index in [1.165, 1.54) is 12.0 Å². The maximum absolute atomic E-state index is 10.7. The Balaban J connectivity index is 3.73. The first-order valence-electron chi connectivity index (χ1n) is 5.41. The Morgan fingerprint density at radius 3 is 2.38 bits per heavy atom. The van der Waals surface area contributed by atoms with Crippen LogP contribution < -0.4 is 5.73 Å². The minimum atomic E-state index is -1.01. The highest BCUT2D eigenvalue weighted by molar-refractivity contribution is 5.70. The van der Waals surface area contributed by atoms with Gasteiger partial charge in [0.05, 0.1) is 0 Å². The number of carboxylic acid groups (broad SMARTS) is 1. The van der Waals surface area contributed by atoms with Gasteiger partial charge in [0.2, 0.25) is 0 Å². The first kappa shape index (κ1) is 14.9. The van der Waals surface area contributed by atoms with Gasteiger partial charge in [0, 0.05) is 13.5 Å². The van der Waals surface area contributed by atoms with Gasteiger partial charge in [0.15, 0.2) is 0 Å². The van der Waals surface area contributed by atoms with Crippen LogP contribution in [0, 0.1) is 0 Å². The van der Waals surface area contributed by atoms with Crippen molar-refractivity contribution in [1.82, 2.24) is 5.06 Å². The van der Waals surface area contributed by atoms with Crippen LogP contribution in [-0.2, 0) is 14.4 Å². The second-order valence-corrected chi connectivity index (χ2v) is 3.54. The van der Waals surface area contributed by atoms with Crippen molar-refractivity contribution in [2.75, 3.05) is 19.6 Å². The standard InChI is InChI=1S/C10H20N2O4/c1-9(13)16-12(8-10(14)15)7-5-3-2-4-6-11/h2-8,11H2,1H3,(H,14,15). The summed E-state index contributed by atoms with van der Waals surface area (Å²) in [5.74, 6) is -1.51. The van der Waals surface area contributed by atoms with Gasteiger partial charge in [-0.25, -0.2) is 0 Å². The smallest absolute Gasteiger partial charge is 0.322 e. The third-order valence-corrected chi connectivity index (χ3v) is 1.93. The van der Waals surface area contributed by atoms with E-state index < -0.39 is 11.9 Å². The molecule has 0 rings (SSSR count). The van der Waals surface area contributed by atoms with E-state index in [0.29, 0.717) is 13.1 Å². The summed E-state index contributed by atoms with van der Waals surface area (Å²) in [7, 11) is 0. The summed E-state index contributed by atoms with van der Waals surface area (Å²) in [5, 5.41) is 9.76. The zero-order valence-electron chi connectivity index (χ0n) is 9.65. The van der Waals surface area contributed by atoms with Crippen molar-refractivity contribution in [3.8, 4) is 0 Å². The van der Waals surface area contributed by atoms with Crippen LogP contribution in [0.4, 0.5) is 0 Å². The number of carbonyl (C=O) groups is 2. The summed E-state index contributed by atoms with van der Waals surface area (Å²) >= 11 is 0. The largest absolute Gasteiger partial charge is 0.480 e. The number of rotatable bonds is 9. The molecule has 0 aliphatic heterocycles. The summed E-state index contributed by atoms with van der Waals surface area (Å²) in [4.78, 5) is 25.9. The number of hydrogen-bond donors (Lipinski definition) is 2. The van der Waals surface area contributed by atoms with Crippen LogP contribution in [0.15, 0.2) is 0 Å². The minimum Gasteiger partial charge on any atom is -0.480 e. The molecule has 94 valence electrons. The molecule has 6 nitrogen and oxygen atoms in total. The van der Waals surface area contributed by atoms with Crippen molar-refractivity contribution in [2.45, 2.75) is 32.6 Å². The van der Waals surface area contributed by atoms with Crippen LogP contribution in [0.25, 0.3) is 0 Å². The zero-order chi connectivity index (χ0) is 12.4. The number of carboxylic acids is 1. The number of aliphatic carboxylic acids is 1. The Bertz CT molecular complexity index is 205. The summed E-state index contributed by atoms with van der Waals surface area (Å²) in [5.41, 5.74) is 5.34. The van der Waals surface area contributed by atoms with E-state index in [1.54, 1.807) is 0 Å². The molecule has 6 heteroatoms. The topological polar surface area (TPSA) is 92.9 Å². The average Bonchev–Trinajstić information content (AvgIpc) is 2.15. The van der Waals surface area contributed by atoms with Gasteiger partial charge in [-0.05, 0) is 19.4 Å². The average molecular weight is 232 g/mol. The molecule has 0 aromatic carbocycles. The zero-order valence-corrected chi connectivity index (χ0v) is 9.65. The van der Waals surface area contributed by atoms with Crippen LogP contribution in [0.1, 0.15) is 32.6 Å². The fourth-order valence-electron chi connectivity index (χ4n) is 1.28. The first-order chi connectivity index (χ1) is 7.56. The molecule has 0 spiro atoms.